The van der Waals surface area contributed by atoms with Gasteiger partial charge in [-0.25, -0.2) is 17.8 Å². The molecule has 0 fully saturated rings. The molecule has 9 nitrogen and oxygen atoms in total. The number of rotatable bonds is 7. The minimum Gasteiger partial charge on any atom is -0.298 e. The van der Waals surface area contributed by atoms with Gasteiger partial charge in [0.05, 0.1) is 25.8 Å². The average Bonchev–Trinajstić information content (AvgIpc) is 3.44. The zero-order valence-electron chi connectivity index (χ0n) is 16.4. The van der Waals surface area contributed by atoms with Gasteiger partial charge >= 0.3 is 0 Å². The molecule has 13 heteroatoms. The number of amides is 1. The Bertz CT molecular complexity index is 1430. The molecule has 168 valence electrons. The van der Waals surface area contributed by atoms with Gasteiger partial charge < -0.3 is 0 Å². The van der Waals surface area contributed by atoms with E-state index >= 15 is 0 Å². The van der Waals surface area contributed by atoms with E-state index in [9.17, 15) is 27.7 Å². The number of anilines is 2. The summed E-state index contributed by atoms with van der Waals surface area (Å²) in [6.45, 7) is 0. The quantitative estimate of drug-likeness (QED) is 0.270. The standard InChI is InChI=1S/C20H13FN4O5S3/c21-13-3-7-16(8-4-13)33(29,30)24-14-5-1-12(2-6-14)19(26)23-20-22-17(11-32-20)18-9-15(10-31-18)25(27)28/h1-11,24H,(H,22,23,26). The summed E-state index contributed by atoms with van der Waals surface area (Å²) in [5.41, 5.74) is 0.984. The van der Waals surface area contributed by atoms with Crippen LogP contribution in [0.15, 0.2) is 70.3 Å². The highest BCUT2D eigenvalue weighted by atomic mass is 32.2. The van der Waals surface area contributed by atoms with Gasteiger partial charge in [-0.15, -0.1) is 22.7 Å². The number of nitro groups is 1. The summed E-state index contributed by atoms with van der Waals surface area (Å²) in [4.78, 5) is 27.6. The van der Waals surface area contributed by atoms with Gasteiger partial charge in [0.2, 0.25) is 0 Å². The summed E-state index contributed by atoms with van der Waals surface area (Å²) in [7, 11) is -3.91. The first-order valence-electron chi connectivity index (χ1n) is 9.10. The largest absolute Gasteiger partial charge is 0.298 e. The van der Waals surface area contributed by atoms with Gasteiger partial charge in [-0.2, -0.15) is 0 Å². The van der Waals surface area contributed by atoms with Crippen molar-refractivity contribution in [3.63, 3.8) is 0 Å². The van der Waals surface area contributed by atoms with Crippen LogP contribution in [0, 0.1) is 15.9 Å². The number of hydrogen-bond acceptors (Lipinski definition) is 8. The lowest BCUT2D eigenvalue weighted by atomic mass is 10.2. The average molecular weight is 505 g/mol. The molecule has 0 aliphatic rings. The first kappa shape index (κ1) is 22.5. The fraction of sp³-hybridized carbons (Fsp3) is 0. The molecule has 0 radical (unpaired) electrons. The SMILES string of the molecule is O=C(Nc1nc(-c2cc([N+](=O)[O-])cs2)cs1)c1ccc(NS(=O)(=O)c2ccc(F)cc2)cc1. The number of aromatic nitrogens is 1. The van der Waals surface area contributed by atoms with Crippen molar-refractivity contribution in [2.24, 2.45) is 0 Å². The Balaban J connectivity index is 1.42. The van der Waals surface area contributed by atoms with E-state index < -0.39 is 26.7 Å². The minimum atomic E-state index is -3.91. The maximum atomic E-state index is 13.0. The third-order valence-corrected chi connectivity index (χ3v) is 7.39. The highest BCUT2D eigenvalue weighted by molar-refractivity contribution is 7.92. The van der Waals surface area contributed by atoms with Gasteiger partial charge in [-0.05, 0) is 48.5 Å². The predicted octanol–water partition coefficient (Wildman–Crippen LogP) is 4.97. The fourth-order valence-electron chi connectivity index (χ4n) is 2.69. The van der Waals surface area contributed by atoms with Crippen molar-refractivity contribution in [1.82, 2.24) is 4.98 Å². The molecular formula is C20H13FN4O5S3. The number of halogens is 1. The lowest BCUT2D eigenvalue weighted by Gasteiger charge is -2.09. The van der Waals surface area contributed by atoms with Gasteiger partial charge in [-0.3, -0.25) is 24.9 Å². The molecule has 0 unspecified atom stereocenters. The molecule has 2 heterocycles. The Labute approximate surface area is 194 Å². The second-order valence-electron chi connectivity index (χ2n) is 6.56. The van der Waals surface area contributed by atoms with E-state index in [-0.39, 0.29) is 21.8 Å². The molecule has 0 spiro atoms. The number of nitrogens with one attached hydrogen (secondary N) is 2. The van der Waals surface area contributed by atoms with E-state index in [1.54, 1.807) is 5.38 Å². The molecule has 2 N–H and O–H groups in total. The van der Waals surface area contributed by atoms with Gasteiger partial charge in [0.25, 0.3) is 21.6 Å². The monoisotopic (exact) mass is 504 g/mol. The smallest absolute Gasteiger partial charge is 0.280 e. The number of nitrogens with zero attached hydrogens (tertiary/aromatic N) is 2. The fourth-order valence-corrected chi connectivity index (χ4v) is 5.34. The molecule has 0 saturated heterocycles. The maximum absolute atomic E-state index is 13.0. The molecule has 0 aliphatic heterocycles. The van der Waals surface area contributed by atoms with Gasteiger partial charge in [0, 0.05) is 22.7 Å². The van der Waals surface area contributed by atoms with Crippen molar-refractivity contribution in [1.29, 1.82) is 0 Å². The van der Waals surface area contributed by atoms with Crippen molar-refractivity contribution in [3.8, 4) is 10.6 Å². The molecule has 2 aromatic heterocycles. The molecule has 4 rings (SSSR count). The molecule has 4 aromatic rings. The summed E-state index contributed by atoms with van der Waals surface area (Å²) < 4.78 is 40.1. The summed E-state index contributed by atoms with van der Waals surface area (Å²) in [6, 6.07) is 11.5. The van der Waals surface area contributed by atoms with E-state index in [0.29, 0.717) is 15.7 Å². The van der Waals surface area contributed by atoms with Crippen LogP contribution in [0.5, 0.6) is 0 Å². The molecular weight excluding hydrogens is 491 g/mol. The Morgan fingerprint density at radius 2 is 1.73 bits per heavy atom. The van der Waals surface area contributed by atoms with Crippen molar-refractivity contribution >= 4 is 55.1 Å². The molecule has 2 aromatic carbocycles. The second kappa shape index (κ2) is 9.05. The molecule has 33 heavy (non-hydrogen) atoms. The summed E-state index contributed by atoms with van der Waals surface area (Å²) in [6.07, 6.45) is 0. The molecule has 0 aliphatic carbocycles. The van der Waals surface area contributed by atoms with Gasteiger partial charge in [0.1, 0.15) is 5.82 Å². The van der Waals surface area contributed by atoms with Gasteiger partial charge in [-0.1, -0.05) is 0 Å². The third kappa shape index (κ3) is 5.22. The van der Waals surface area contributed by atoms with Crippen LogP contribution in [0.1, 0.15) is 10.4 Å². The van der Waals surface area contributed by atoms with Crippen LogP contribution >= 0.6 is 22.7 Å². The van der Waals surface area contributed by atoms with Gasteiger partial charge in [0.15, 0.2) is 5.13 Å². The number of thiophene rings is 1. The van der Waals surface area contributed by atoms with Crippen LogP contribution in [0.25, 0.3) is 10.6 Å². The van der Waals surface area contributed by atoms with Crippen LogP contribution in [0.3, 0.4) is 0 Å². The Morgan fingerprint density at radius 3 is 2.36 bits per heavy atom. The van der Waals surface area contributed by atoms with Crippen molar-refractivity contribution < 1.29 is 22.5 Å². The topological polar surface area (TPSA) is 131 Å². The lowest BCUT2D eigenvalue weighted by Crippen LogP contribution is -2.14. The van der Waals surface area contributed by atoms with E-state index in [0.717, 1.165) is 24.3 Å². The molecule has 0 atom stereocenters. The Morgan fingerprint density at radius 1 is 1.03 bits per heavy atom. The lowest BCUT2D eigenvalue weighted by molar-refractivity contribution is -0.384. The molecule has 0 bridgehead atoms. The van der Waals surface area contributed by atoms with E-state index in [1.807, 2.05) is 0 Å². The summed E-state index contributed by atoms with van der Waals surface area (Å²) >= 11 is 2.35. The van der Waals surface area contributed by atoms with Crippen LogP contribution in [-0.4, -0.2) is 24.2 Å². The van der Waals surface area contributed by atoms with E-state index in [1.165, 1.54) is 58.4 Å². The Kier molecular flexibility index (Phi) is 6.18. The number of carbonyl (C=O) groups excluding carboxylic acids is 1. The van der Waals surface area contributed by atoms with Crippen LogP contribution in [0.2, 0.25) is 0 Å². The summed E-state index contributed by atoms with van der Waals surface area (Å²) in [5.74, 6) is -1.01. The zero-order chi connectivity index (χ0) is 23.6. The highest BCUT2D eigenvalue weighted by Gasteiger charge is 2.16. The molecule has 1 amide bonds. The summed E-state index contributed by atoms with van der Waals surface area (Å²) in [5, 5.41) is 16.9. The van der Waals surface area contributed by atoms with Crippen molar-refractivity contribution in [2.75, 3.05) is 10.0 Å². The zero-order valence-corrected chi connectivity index (χ0v) is 18.8. The number of hydrogen-bond donors (Lipinski definition) is 2. The van der Waals surface area contributed by atoms with Crippen LogP contribution in [-0.2, 0) is 10.0 Å². The number of carbonyl (C=O) groups is 1. The van der Waals surface area contributed by atoms with Crippen LogP contribution in [0.4, 0.5) is 20.9 Å². The second-order valence-corrected chi connectivity index (χ2v) is 10.0. The van der Waals surface area contributed by atoms with Crippen molar-refractivity contribution in [2.45, 2.75) is 4.90 Å². The third-order valence-electron chi connectivity index (χ3n) is 4.30. The normalized spacial score (nSPS) is 11.2. The number of thiazole rings is 1. The van der Waals surface area contributed by atoms with Crippen molar-refractivity contribution in [3.05, 3.63) is 86.9 Å². The highest BCUT2D eigenvalue weighted by Crippen LogP contribution is 2.33. The predicted molar refractivity (Wildman–Crippen MR) is 124 cm³/mol. The number of sulfonamides is 1. The Hall–Kier alpha value is -3.68. The number of benzene rings is 2. The first-order valence-corrected chi connectivity index (χ1v) is 12.3. The van der Waals surface area contributed by atoms with E-state index in [2.05, 4.69) is 15.0 Å². The van der Waals surface area contributed by atoms with Crippen LogP contribution < -0.4 is 10.0 Å². The maximum Gasteiger partial charge on any atom is 0.280 e. The first-order chi connectivity index (χ1) is 15.7. The van der Waals surface area contributed by atoms with E-state index in [4.69, 9.17) is 0 Å². The minimum absolute atomic E-state index is 0.0243. The molecule has 0 saturated carbocycles.